The number of hydrogen-bond donors (Lipinski definition) is 2. The lowest BCUT2D eigenvalue weighted by Gasteiger charge is -2.14. The van der Waals surface area contributed by atoms with Crippen molar-refractivity contribution in [3.05, 3.63) is 53.6 Å². The molecule has 1 atom stereocenters. The molecule has 0 spiro atoms. The third kappa shape index (κ3) is 4.97. The molecule has 2 rings (SSSR count). The highest BCUT2D eigenvalue weighted by Crippen LogP contribution is 2.20. The van der Waals surface area contributed by atoms with Crippen LogP contribution in [0.25, 0.3) is 0 Å². The highest BCUT2D eigenvalue weighted by atomic mass is 35.5. The van der Waals surface area contributed by atoms with Crippen molar-refractivity contribution < 1.29 is 9.53 Å². The molecular formula is C17H19ClN2O2. The largest absolute Gasteiger partial charge is 0.491 e. The molecular weight excluding hydrogens is 300 g/mol. The minimum Gasteiger partial charge on any atom is -0.491 e. The molecule has 2 aromatic rings. The van der Waals surface area contributed by atoms with Crippen LogP contribution >= 0.6 is 11.6 Å². The predicted octanol–water partition coefficient (Wildman–Crippen LogP) is 5.16. The standard InChI is InChI=1S/C17H19ClN2O2/c1-3-12(2)22-16-9-5-8-15(11-16)20-17(21)19-14-7-4-6-13(18)10-14/h4-12H,3H2,1-2H3,(H2,19,20,21). The maximum Gasteiger partial charge on any atom is 0.323 e. The van der Waals surface area contributed by atoms with Crippen LogP contribution in [0.4, 0.5) is 16.2 Å². The van der Waals surface area contributed by atoms with Crippen molar-refractivity contribution in [2.24, 2.45) is 0 Å². The van der Waals surface area contributed by atoms with Crippen molar-refractivity contribution >= 4 is 29.0 Å². The fourth-order valence-electron chi connectivity index (χ4n) is 1.82. The lowest BCUT2D eigenvalue weighted by atomic mass is 10.2. The van der Waals surface area contributed by atoms with E-state index in [2.05, 4.69) is 17.6 Å². The molecule has 22 heavy (non-hydrogen) atoms. The van der Waals surface area contributed by atoms with Crippen molar-refractivity contribution in [2.75, 3.05) is 10.6 Å². The maximum atomic E-state index is 12.0. The Kier molecular flexibility index (Phi) is 5.67. The first kappa shape index (κ1) is 16.2. The van der Waals surface area contributed by atoms with E-state index in [0.29, 0.717) is 16.4 Å². The minimum absolute atomic E-state index is 0.135. The van der Waals surface area contributed by atoms with Crippen LogP contribution in [-0.2, 0) is 0 Å². The van der Waals surface area contributed by atoms with Crippen molar-refractivity contribution in [3.63, 3.8) is 0 Å². The molecule has 5 heteroatoms. The molecule has 0 aromatic heterocycles. The Bertz CT molecular complexity index is 646. The lowest BCUT2D eigenvalue weighted by molar-refractivity contribution is 0.217. The highest BCUT2D eigenvalue weighted by molar-refractivity contribution is 6.30. The van der Waals surface area contributed by atoms with Gasteiger partial charge in [-0.05, 0) is 43.7 Å². The fourth-order valence-corrected chi connectivity index (χ4v) is 2.01. The zero-order valence-electron chi connectivity index (χ0n) is 12.6. The first-order valence-corrected chi connectivity index (χ1v) is 7.55. The molecule has 116 valence electrons. The summed E-state index contributed by atoms with van der Waals surface area (Å²) in [7, 11) is 0. The maximum absolute atomic E-state index is 12.0. The summed E-state index contributed by atoms with van der Waals surface area (Å²) in [6.07, 6.45) is 1.06. The quantitative estimate of drug-likeness (QED) is 0.799. The van der Waals surface area contributed by atoms with Gasteiger partial charge in [0.25, 0.3) is 0 Å². The molecule has 0 aliphatic carbocycles. The number of ether oxygens (including phenoxy) is 1. The predicted molar refractivity (Wildman–Crippen MR) is 90.9 cm³/mol. The first-order chi connectivity index (χ1) is 10.6. The van der Waals surface area contributed by atoms with Crippen LogP contribution in [0.1, 0.15) is 20.3 Å². The summed E-state index contributed by atoms with van der Waals surface area (Å²) in [5.74, 6) is 0.731. The number of nitrogens with one attached hydrogen (secondary N) is 2. The minimum atomic E-state index is -0.331. The summed E-state index contributed by atoms with van der Waals surface area (Å²) in [6, 6.07) is 14.0. The molecule has 2 amide bonds. The number of anilines is 2. The summed E-state index contributed by atoms with van der Waals surface area (Å²) < 4.78 is 5.73. The van der Waals surface area contributed by atoms with Crippen molar-refractivity contribution in [1.29, 1.82) is 0 Å². The molecule has 0 fully saturated rings. The van der Waals surface area contributed by atoms with Gasteiger partial charge in [0.15, 0.2) is 0 Å². The van der Waals surface area contributed by atoms with E-state index in [0.717, 1.165) is 12.2 Å². The van der Waals surface area contributed by atoms with Crippen LogP contribution in [0.15, 0.2) is 48.5 Å². The van der Waals surface area contributed by atoms with Gasteiger partial charge in [-0.15, -0.1) is 0 Å². The number of amides is 2. The molecule has 0 saturated carbocycles. The molecule has 0 bridgehead atoms. The first-order valence-electron chi connectivity index (χ1n) is 7.17. The van der Waals surface area contributed by atoms with Gasteiger partial charge in [-0.1, -0.05) is 30.7 Å². The van der Waals surface area contributed by atoms with E-state index in [9.17, 15) is 4.79 Å². The van der Waals surface area contributed by atoms with Gasteiger partial charge in [0.05, 0.1) is 6.10 Å². The number of benzene rings is 2. The fraction of sp³-hybridized carbons (Fsp3) is 0.235. The molecule has 2 N–H and O–H groups in total. The van der Waals surface area contributed by atoms with Crippen LogP contribution in [0.5, 0.6) is 5.75 Å². The molecule has 1 unspecified atom stereocenters. The van der Waals surface area contributed by atoms with Crippen LogP contribution in [0.3, 0.4) is 0 Å². The molecule has 0 aliphatic rings. The van der Waals surface area contributed by atoms with Gasteiger partial charge in [0.1, 0.15) is 5.75 Å². The van der Waals surface area contributed by atoms with Gasteiger partial charge < -0.3 is 15.4 Å². The van der Waals surface area contributed by atoms with E-state index in [1.165, 1.54) is 0 Å². The third-order valence-corrected chi connectivity index (χ3v) is 3.32. The Labute approximate surface area is 135 Å². The zero-order chi connectivity index (χ0) is 15.9. The highest BCUT2D eigenvalue weighted by Gasteiger charge is 2.05. The summed E-state index contributed by atoms with van der Waals surface area (Å²) in [5, 5.41) is 6.07. The summed E-state index contributed by atoms with van der Waals surface area (Å²) in [4.78, 5) is 12.0. The number of rotatable bonds is 5. The van der Waals surface area contributed by atoms with Crippen molar-refractivity contribution in [3.8, 4) is 5.75 Å². The molecule has 0 heterocycles. The van der Waals surface area contributed by atoms with Crippen LogP contribution in [-0.4, -0.2) is 12.1 Å². The van der Waals surface area contributed by atoms with Crippen LogP contribution in [0.2, 0.25) is 5.02 Å². The molecule has 4 nitrogen and oxygen atoms in total. The van der Waals surface area contributed by atoms with E-state index in [4.69, 9.17) is 16.3 Å². The SMILES string of the molecule is CCC(C)Oc1cccc(NC(=O)Nc2cccc(Cl)c2)c1. The Balaban J connectivity index is 1.98. The van der Waals surface area contributed by atoms with Crippen LogP contribution in [0, 0.1) is 0 Å². The average Bonchev–Trinajstić information content (AvgIpc) is 2.47. The average molecular weight is 319 g/mol. The Morgan fingerprint density at radius 1 is 1.14 bits per heavy atom. The second kappa shape index (κ2) is 7.71. The number of urea groups is 1. The van der Waals surface area contributed by atoms with E-state index >= 15 is 0 Å². The van der Waals surface area contributed by atoms with Crippen LogP contribution < -0.4 is 15.4 Å². The van der Waals surface area contributed by atoms with E-state index < -0.39 is 0 Å². The monoisotopic (exact) mass is 318 g/mol. The number of hydrogen-bond acceptors (Lipinski definition) is 2. The Morgan fingerprint density at radius 2 is 1.77 bits per heavy atom. The second-order valence-corrected chi connectivity index (χ2v) is 5.39. The number of halogens is 1. The van der Waals surface area contributed by atoms with E-state index in [1.807, 2.05) is 19.1 Å². The van der Waals surface area contributed by atoms with Gasteiger partial charge in [-0.2, -0.15) is 0 Å². The van der Waals surface area contributed by atoms with E-state index in [1.54, 1.807) is 36.4 Å². The molecule has 0 aliphatic heterocycles. The lowest BCUT2D eigenvalue weighted by Crippen LogP contribution is -2.19. The topological polar surface area (TPSA) is 50.4 Å². The van der Waals surface area contributed by atoms with Gasteiger partial charge in [-0.3, -0.25) is 0 Å². The third-order valence-electron chi connectivity index (χ3n) is 3.09. The zero-order valence-corrected chi connectivity index (χ0v) is 13.4. The van der Waals surface area contributed by atoms with Crippen molar-refractivity contribution in [2.45, 2.75) is 26.4 Å². The van der Waals surface area contributed by atoms with Gasteiger partial charge in [0.2, 0.25) is 0 Å². The molecule has 2 aromatic carbocycles. The number of carbonyl (C=O) groups is 1. The molecule has 0 saturated heterocycles. The smallest absolute Gasteiger partial charge is 0.323 e. The van der Waals surface area contributed by atoms with Gasteiger partial charge >= 0.3 is 6.03 Å². The molecule has 0 radical (unpaired) electrons. The van der Waals surface area contributed by atoms with E-state index in [-0.39, 0.29) is 12.1 Å². The van der Waals surface area contributed by atoms with Gasteiger partial charge in [0, 0.05) is 22.5 Å². The number of carbonyl (C=O) groups excluding carboxylic acids is 1. The summed E-state index contributed by atoms with van der Waals surface area (Å²) in [6.45, 7) is 4.07. The summed E-state index contributed by atoms with van der Waals surface area (Å²) >= 11 is 5.88. The Hall–Kier alpha value is -2.20. The van der Waals surface area contributed by atoms with Gasteiger partial charge in [-0.25, -0.2) is 4.79 Å². The normalized spacial score (nSPS) is 11.6. The van der Waals surface area contributed by atoms with Crippen molar-refractivity contribution in [1.82, 2.24) is 0 Å². The summed E-state index contributed by atoms with van der Waals surface area (Å²) in [5.41, 5.74) is 1.30. The Morgan fingerprint density at radius 3 is 2.41 bits per heavy atom. The second-order valence-electron chi connectivity index (χ2n) is 4.95.